The van der Waals surface area contributed by atoms with Gasteiger partial charge in [-0.3, -0.25) is 0 Å². The van der Waals surface area contributed by atoms with Crippen LogP contribution < -0.4 is 5.32 Å². The first-order chi connectivity index (χ1) is 9.71. The van der Waals surface area contributed by atoms with Gasteiger partial charge in [0.15, 0.2) is 0 Å². The zero-order valence-corrected chi connectivity index (χ0v) is 15.2. The standard InChI is InChI=1S/C20H35N/c1-8-21-19(12-16(3)14-20(5,6)7)13-18-11-15(2)9-10-17(18)4/h9-11,16,19,21H,8,12-14H2,1-7H3. The number of nitrogens with one attached hydrogen (secondary N) is 1. The van der Waals surface area contributed by atoms with Gasteiger partial charge in [-0.1, -0.05) is 58.4 Å². The van der Waals surface area contributed by atoms with Crippen molar-refractivity contribution in [2.45, 2.75) is 73.8 Å². The number of hydrogen-bond acceptors (Lipinski definition) is 1. The van der Waals surface area contributed by atoms with E-state index < -0.39 is 0 Å². The molecule has 0 aromatic heterocycles. The predicted octanol–water partition coefficient (Wildman–Crippen LogP) is 5.29. The van der Waals surface area contributed by atoms with Crippen LogP contribution >= 0.6 is 0 Å². The molecular formula is C20H35N. The van der Waals surface area contributed by atoms with Crippen LogP contribution in [0.15, 0.2) is 18.2 Å². The minimum atomic E-state index is 0.426. The van der Waals surface area contributed by atoms with Gasteiger partial charge in [-0.05, 0) is 62.1 Å². The second-order valence-electron chi connectivity index (χ2n) is 7.99. The van der Waals surface area contributed by atoms with E-state index in [1.165, 1.54) is 29.5 Å². The molecule has 1 aromatic rings. The maximum atomic E-state index is 3.69. The molecule has 1 nitrogen and oxygen atoms in total. The number of benzene rings is 1. The molecule has 0 radical (unpaired) electrons. The van der Waals surface area contributed by atoms with Crippen LogP contribution in [-0.2, 0) is 6.42 Å². The average Bonchev–Trinajstić information content (AvgIpc) is 2.31. The van der Waals surface area contributed by atoms with Crippen LogP contribution in [0.4, 0.5) is 0 Å². The van der Waals surface area contributed by atoms with E-state index in [1.54, 1.807) is 0 Å². The van der Waals surface area contributed by atoms with Crippen molar-refractivity contribution < 1.29 is 0 Å². The van der Waals surface area contributed by atoms with E-state index in [9.17, 15) is 0 Å². The van der Waals surface area contributed by atoms with Crippen LogP contribution in [0.1, 0.15) is 64.2 Å². The van der Waals surface area contributed by atoms with Gasteiger partial charge in [0.25, 0.3) is 0 Å². The fourth-order valence-electron chi connectivity index (χ4n) is 3.43. The van der Waals surface area contributed by atoms with E-state index >= 15 is 0 Å². The highest BCUT2D eigenvalue weighted by Crippen LogP contribution is 2.27. The second kappa shape index (κ2) is 7.98. The Morgan fingerprint density at radius 1 is 1.14 bits per heavy atom. The number of rotatable bonds is 7. The molecule has 21 heavy (non-hydrogen) atoms. The Morgan fingerprint density at radius 3 is 2.38 bits per heavy atom. The van der Waals surface area contributed by atoms with Gasteiger partial charge in [0.2, 0.25) is 0 Å². The van der Waals surface area contributed by atoms with Gasteiger partial charge in [0.1, 0.15) is 0 Å². The van der Waals surface area contributed by atoms with Gasteiger partial charge in [0.05, 0.1) is 0 Å². The fraction of sp³-hybridized carbons (Fsp3) is 0.700. The van der Waals surface area contributed by atoms with Crippen molar-refractivity contribution in [3.63, 3.8) is 0 Å². The summed E-state index contributed by atoms with van der Waals surface area (Å²) in [4.78, 5) is 0. The third-order valence-corrected chi connectivity index (χ3v) is 4.11. The fourth-order valence-corrected chi connectivity index (χ4v) is 3.43. The van der Waals surface area contributed by atoms with Crippen molar-refractivity contribution in [1.82, 2.24) is 5.32 Å². The molecule has 2 unspecified atom stereocenters. The van der Waals surface area contributed by atoms with E-state index in [0.717, 1.165) is 18.9 Å². The van der Waals surface area contributed by atoms with Crippen molar-refractivity contribution in [1.29, 1.82) is 0 Å². The van der Waals surface area contributed by atoms with Gasteiger partial charge in [-0.2, -0.15) is 0 Å². The summed E-state index contributed by atoms with van der Waals surface area (Å²) in [5.74, 6) is 0.763. The highest BCUT2D eigenvalue weighted by Gasteiger charge is 2.19. The predicted molar refractivity (Wildman–Crippen MR) is 94.9 cm³/mol. The lowest BCUT2D eigenvalue weighted by atomic mass is 9.82. The van der Waals surface area contributed by atoms with Crippen molar-refractivity contribution in [3.8, 4) is 0 Å². The van der Waals surface area contributed by atoms with Gasteiger partial charge >= 0.3 is 0 Å². The molecule has 0 saturated carbocycles. The summed E-state index contributed by atoms with van der Waals surface area (Å²) in [5.41, 5.74) is 4.72. The van der Waals surface area contributed by atoms with Crippen LogP contribution in [0.25, 0.3) is 0 Å². The summed E-state index contributed by atoms with van der Waals surface area (Å²) in [6.45, 7) is 17.1. The first-order valence-electron chi connectivity index (χ1n) is 8.50. The molecule has 0 fully saturated rings. The number of aryl methyl sites for hydroxylation is 2. The highest BCUT2D eigenvalue weighted by atomic mass is 14.9. The summed E-state index contributed by atoms with van der Waals surface area (Å²) in [6, 6.07) is 7.41. The normalized spacial score (nSPS) is 15.0. The second-order valence-corrected chi connectivity index (χ2v) is 7.99. The molecule has 0 heterocycles. The van der Waals surface area contributed by atoms with Gasteiger partial charge in [0, 0.05) is 6.04 Å². The van der Waals surface area contributed by atoms with Gasteiger partial charge in [-0.25, -0.2) is 0 Å². The summed E-state index contributed by atoms with van der Waals surface area (Å²) >= 11 is 0. The summed E-state index contributed by atoms with van der Waals surface area (Å²) in [6.07, 6.45) is 3.70. The third kappa shape index (κ3) is 7.13. The molecule has 120 valence electrons. The maximum Gasteiger partial charge on any atom is 0.0110 e. The Morgan fingerprint density at radius 2 is 1.81 bits per heavy atom. The molecule has 1 N–H and O–H groups in total. The molecule has 0 aliphatic rings. The monoisotopic (exact) mass is 289 g/mol. The van der Waals surface area contributed by atoms with E-state index in [2.05, 4.69) is 72.0 Å². The topological polar surface area (TPSA) is 12.0 Å². The van der Waals surface area contributed by atoms with Crippen LogP contribution in [-0.4, -0.2) is 12.6 Å². The maximum absolute atomic E-state index is 3.69. The van der Waals surface area contributed by atoms with Gasteiger partial charge in [-0.15, -0.1) is 0 Å². The molecule has 2 atom stereocenters. The van der Waals surface area contributed by atoms with E-state index in [0.29, 0.717) is 11.5 Å². The Balaban J connectivity index is 2.71. The highest BCUT2D eigenvalue weighted by molar-refractivity contribution is 5.31. The minimum absolute atomic E-state index is 0.426. The molecule has 0 bridgehead atoms. The number of hydrogen-bond donors (Lipinski definition) is 1. The smallest absolute Gasteiger partial charge is 0.0110 e. The summed E-state index contributed by atoms with van der Waals surface area (Å²) in [5, 5.41) is 3.69. The molecule has 1 aromatic carbocycles. The summed E-state index contributed by atoms with van der Waals surface area (Å²) in [7, 11) is 0. The van der Waals surface area contributed by atoms with Crippen LogP contribution in [0.2, 0.25) is 0 Å². The molecular weight excluding hydrogens is 254 g/mol. The Kier molecular flexibility index (Phi) is 6.93. The van der Waals surface area contributed by atoms with Crippen molar-refractivity contribution in [3.05, 3.63) is 34.9 Å². The lowest BCUT2D eigenvalue weighted by molar-refractivity contribution is 0.275. The lowest BCUT2D eigenvalue weighted by Gasteiger charge is -2.27. The van der Waals surface area contributed by atoms with Gasteiger partial charge < -0.3 is 5.32 Å². The Labute approximate surface area is 132 Å². The molecule has 1 heteroatoms. The van der Waals surface area contributed by atoms with E-state index in [-0.39, 0.29) is 0 Å². The van der Waals surface area contributed by atoms with Crippen LogP contribution in [0, 0.1) is 25.2 Å². The molecule has 0 aliphatic heterocycles. The van der Waals surface area contributed by atoms with E-state index in [1.807, 2.05) is 0 Å². The molecule has 0 amide bonds. The summed E-state index contributed by atoms with van der Waals surface area (Å²) < 4.78 is 0. The van der Waals surface area contributed by atoms with Crippen molar-refractivity contribution >= 4 is 0 Å². The molecule has 1 rings (SSSR count). The first kappa shape index (κ1) is 18.2. The van der Waals surface area contributed by atoms with E-state index in [4.69, 9.17) is 0 Å². The Bertz CT molecular complexity index is 428. The average molecular weight is 290 g/mol. The SMILES string of the molecule is CCNC(Cc1cc(C)ccc1C)CC(C)CC(C)(C)C. The van der Waals surface area contributed by atoms with Crippen molar-refractivity contribution in [2.24, 2.45) is 11.3 Å². The molecule has 0 spiro atoms. The largest absolute Gasteiger partial charge is 0.314 e. The zero-order valence-electron chi connectivity index (χ0n) is 15.2. The first-order valence-corrected chi connectivity index (χ1v) is 8.50. The number of likely N-dealkylation sites (N-methyl/N-ethyl adjacent to an activating group) is 1. The third-order valence-electron chi connectivity index (χ3n) is 4.11. The Hall–Kier alpha value is -0.820. The lowest BCUT2D eigenvalue weighted by Crippen LogP contribution is -2.33. The zero-order chi connectivity index (χ0) is 16.0. The minimum Gasteiger partial charge on any atom is -0.314 e. The van der Waals surface area contributed by atoms with Crippen LogP contribution in [0.3, 0.4) is 0 Å². The van der Waals surface area contributed by atoms with Crippen molar-refractivity contribution in [2.75, 3.05) is 6.54 Å². The quantitative estimate of drug-likeness (QED) is 0.719. The van der Waals surface area contributed by atoms with Crippen LogP contribution in [0.5, 0.6) is 0 Å². The molecule has 0 aliphatic carbocycles. The molecule has 0 saturated heterocycles.